The molecular weight excluding hydrogens is 518 g/mol. The van der Waals surface area contributed by atoms with Crippen molar-refractivity contribution in [2.45, 2.75) is 6.42 Å². The Labute approximate surface area is 175 Å². The summed E-state index contributed by atoms with van der Waals surface area (Å²) < 4.78 is 0. The minimum Gasteiger partial charge on any atom is -1.00 e. The fourth-order valence-electron chi connectivity index (χ4n) is 2.32. The van der Waals surface area contributed by atoms with E-state index in [2.05, 4.69) is 42.5 Å². The van der Waals surface area contributed by atoms with Crippen molar-refractivity contribution in [1.29, 1.82) is 0 Å². The maximum atomic E-state index is 3.30. The van der Waals surface area contributed by atoms with Crippen molar-refractivity contribution >= 4 is 0 Å². The van der Waals surface area contributed by atoms with Gasteiger partial charge in [-0.2, -0.15) is 48.0 Å². The van der Waals surface area contributed by atoms with Gasteiger partial charge in [0, 0.05) is 0 Å². The molecule has 0 aliphatic heterocycles. The Morgan fingerprint density at radius 2 is 1.48 bits per heavy atom. The minimum absolute atomic E-state index is 0. The molecule has 3 heteroatoms. The van der Waals surface area contributed by atoms with E-state index in [9.17, 15) is 0 Å². The second kappa shape index (κ2) is 10.7. The van der Waals surface area contributed by atoms with Gasteiger partial charge in [0.2, 0.25) is 0 Å². The molecule has 0 saturated carbocycles. The molecule has 0 heterocycles. The van der Waals surface area contributed by atoms with Crippen LogP contribution in [0.1, 0.15) is 11.1 Å². The largest absolute Gasteiger partial charge is 4.00 e. The summed E-state index contributed by atoms with van der Waals surface area (Å²) in [6, 6.07) is 28.1. The molecule has 4 rings (SSSR count). The van der Waals surface area contributed by atoms with Crippen LogP contribution in [0.2, 0.25) is 0 Å². The zero-order chi connectivity index (χ0) is 12.2. The van der Waals surface area contributed by atoms with E-state index in [4.69, 9.17) is 0 Å². The van der Waals surface area contributed by atoms with Crippen LogP contribution in [0.25, 0.3) is 11.1 Å². The first-order chi connectivity index (χ1) is 8.95. The van der Waals surface area contributed by atoms with Gasteiger partial charge in [0.05, 0.1) is 0 Å². The third kappa shape index (κ3) is 5.27. The van der Waals surface area contributed by atoms with Gasteiger partial charge in [0.1, 0.15) is 0 Å². The van der Waals surface area contributed by atoms with Gasteiger partial charge in [0.15, 0.2) is 0 Å². The van der Waals surface area contributed by atoms with Gasteiger partial charge < -0.3 is 48.0 Å². The molecular formula is C18H14I2Ti. The second-order valence-corrected chi connectivity index (χ2v) is 4.36. The molecule has 0 saturated heterocycles. The summed E-state index contributed by atoms with van der Waals surface area (Å²) in [5.41, 5.74) is 5.51. The van der Waals surface area contributed by atoms with Crippen LogP contribution in [0.5, 0.6) is 0 Å². The zero-order valence-electron chi connectivity index (χ0n) is 11.4. The summed E-state index contributed by atoms with van der Waals surface area (Å²) in [4.78, 5) is 0. The molecule has 0 aromatic heterocycles. The molecule has 0 N–H and O–H groups in total. The molecule has 3 aromatic rings. The summed E-state index contributed by atoms with van der Waals surface area (Å²) in [5.74, 6) is 0. The van der Waals surface area contributed by atoms with E-state index < -0.39 is 0 Å². The fraction of sp³-hybridized carbons (Fsp3) is 0.0556. The van der Waals surface area contributed by atoms with E-state index in [1.165, 1.54) is 22.3 Å². The van der Waals surface area contributed by atoms with Gasteiger partial charge in [-0.3, -0.25) is 0 Å². The molecule has 104 valence electrons. The predicted molar refractivity (Wildman–Crippen MR) is 75.6 cm³/mol. The van der Waals surface area contributed by atoms with Gasteiger partial charge in [-0.1, -0.05) is 35.4 Å². The molecule has 1 aliphatic rings. The molecule has 3 aromatic carbocycles. The van der Waals surface area contributed by atoms with E-state index >= 15 is 0 Å². The van der Waals surface area contributed by atoms with Crippen LogP contribution in [0, 0.1) is 6.07 Å². The van der Waals surface area contributed by atoms with E-state index in [0.29, 0.717) is 0 Å². The Morgan fingerprint density at radius 3 is 2.14 bits per heavy atom. The molecule has 0 unspecified atom stereocenters. The normalized spacial score (nSPS) is 9.52. The van der Waals surface area contributed by atoms with Crippen LogP contribution < -0.4 is 48.0 Å². The molecule has 0 radical (unpaired) electrons. The van der Waals surface area contributed by atoms with Crippen LogP contribution in [0.4, 0.5) is 0 Å². The van der Waals surface area contributed by atoms with Crippen molar-refractivity contribution in [2.24, 2.45) is 0 Å². The molecule has 0 fully saturated rings. The van der Waals surface area contributed by atoms with Crippen molar-refractivity contribution in [3.05, 3.63) is 90.0 Å². The quantitative estimate of drug-likeness (QED) is 0.147. The van der Waals surface area contributed by atoms with Crippen LogP contribution in [0.3, 0.4) is 0 Å². The predicted octanol–water partition coefficient (Wildman–Crippen LogP) is -1.53. The maximum absolute atomic E-state index is 3.30. The SMILES string of the molecule is [I-].[I-].[Ti+4].[c-]1cccc2c1Cc1ccccc1-2.c1cc[cH-]c1. The van der Waals surface area contributed by atoms with E-state index in [0.717, 1.165) is 6.42 Å². The van der Waals surface area contributed by atoms with Crippen molar-refractivity contribution in [3.8, 4) is 11.1 Å². The summed E-state index contributed by atoms with van der Waals surface area (Å²) in [5, 5.41) is 0. The third-order valence-electron chi connectivity index (χ3n) is 3.17. The number of hydrogen-bond acceptors (Lipinski definition) is 0. The molecule has 0 atom stereocenters. The van der Waals surface area contributed by atoms with Crippen molar-refractivity contribution in [1.82, 2.24) is 0 Å². The van der Waals surface area contributed by atoms with Gasteiger partial charge >= 0.3 is 21.7 Å². The fourth-order valence-corrected chi connectivity index (χ4v) is 2.32. The van der Waals surface area contributed by atoms with Gasteiger partial charge in [0.25, 0.3) is 0 Å². The van der Waals surface area contributed by atoms with E-state index in [1.54, 1.807) is 0 Å². The maximum Gasteiger partial charge on any atom is 4.00 e. The summed E-state index contributed by atoms with van der Waals surface area (Å²) >= 11 is 0. The topological polar surface area (TPSA) is 0 Å². The van der Waals surface area contributed by atoms with Crippen molar-refractivity contribution in [2.75, 3.05) is 0 Å². The van der Waals surface area contributed by atoms with Crippen LogP contribution >= 0.6 is 0 Å². The summed E-state index contributed by atoms with van der Waals surface area (Å²) in [7, 11) is 0. The standard InChI is InChI=1S/C13H9.C5H5.2HI.Ti/c1-3-7-12-10(5-1)9-11-6-2-4-8-13(11)12;1-2-4-5-3-1;;;/h1-5,7-8H,9H2;1-5H;2*1H;/q2*-1;;;+4/p-2. The number of benzene rings is 2. The van der Waals surface area contributed by atoms with Crippen LogP contribution in [-0.4, -0.2) is 0 Å². The van der Waals surface area contributed by atoms with Crippen LogP contribution in [-0.2, 0) is 28.1 Å². The Kier molecular flexibility index (Phi) is 10.6. The number of fused-ring (bicyclic) bond motifs is 3. The van der Waals surface area contributed by atoms with Crippen molar-refractivity contribution < 1.29 is 69.7 Å². The minimum atomic E-state index is 0. The first-order valence-corrected chi connectivity index (χ1v) is 6.20. The molecule has 21 heavy (non-hydrogen) atoms. The van der Waals surface area contributed by atoms with Crippen LogP contribution in [0.15, 0.2) is 72.8 Å². The van der Waals surface area contributed by atoms with Gasteiger partial charge in [-0.05, 0) is 6.42 Å². The molecule has 0 nitrogen and oxygen atoms in total. The molecule has 1 aliphatic carbocycles. The molecule has 0 spiro atoms. The Hall–Kier alpha value is -0.0357. The Morgan fingerprint density at radius 1 is 0.810 bits per heavy atom. The van der Waals surface area contributed by atoms with E-state index in [-0.39, 0.29) is 69.7 Å². The Balaban J connectivity index is 0.000000437. The molecule has 0 bridgehead atoms. The zero-order valence-corrected chi connectivity index (χ0v) is 17.3. The number of halogens is 2. The van der Waals surface area contributed by atoms with Gasteiger partial charge in [-0.15, -0.1) is 5.56 Å². The number of hydrogen-bond donors (Lipinski definition) is 0. The monoisotopic (exact) mass is 532 g/mol. The first-order valence-electron chi connectivity index (χ1n) is 6.20. The molecule has 0 amide bonds. The van der Waals surface area contributed by atoms with Crippen molar-refractivity contribution in [3.63, 3.8) is 0 Å². The van der Waals surface area contributed by atoms with E-state index in [1.807, 2.05) is 36.4 Å². The summed E-state index contributed by atoms with van der Waals surface area (Å²) in [6.45, 7) is 0. The van der Waals surface area contributed by atoms with Gasteiger partial charge in [-0.25, -0.2) is 12.1 Å². The first kappa shape index (κ1) is 21.0. The Bertz CT molecular complexity index is 573. The second-order valence-electron chi connectivity index (χ2n) is 4.36. The average Bonchev–Trinajstić information content (AvgIpc) is 3.10. The summed E-state index contributed by atoms with van der Waals surface area (Å²) in [6.07, 6.45) is 1.05. The third-order valence-corrected chi connectivity index (χ3v) is 3.17. The average molecular weight is 532 g/mol. The smallest absolute Gasteiger partial charge is 1.00 e. The number of rotatable bonds is 0.